The van der Waals surface area contributed by atoms with Gasteiger partial charge in [-0.1, -0.05) is 6.07 Å². The Hall–Kier alpha value is -1.39. The van der Waals surface area contributed by atoms with Crippen LogP contribution in [0.2, 0.25) is 0 Å². The zero-order valence-corrected chi connectivity index (χ0v) is 11.7. The summed E-state index contributed by atoms with van der Waals surface area (Å²) in [6, 6.07) is 8.87. The summed E-state index contributed by atoms with van der Waals surface area (Å²) in [5.41, 5.74) is 0. The van der Waals surface area contributed by atoms with Gasteiger partial charge in [0.2, 0.25) is 0 Å². The molecule has 1 N–H and O–H groups in total. The highest BCUT2D eigenvalue weighted by Crippen LogP contribution is 2.26. The molecule has 0 radical (unpaired) electrons. The molecule has 4 heteroatoms. The highest BCUT2D eigenvalue weighted by molar-refractivity contribution is 7.17. The molecule has 0 aromatic carbocycles. The number of nitrogens with zero attached hydrogens (tertiary/aromatic N) is 1. The maximum Gasteiger partial charge on any atom is 0.134 e. The molecular weight excluding hydrogens is 260 g/mol. The first-order chi connectivity index (χ1) is 8.83. The van der Waals surface area contributed by atoms with E-state index in [-0.39, 0.29) is 0 Å². The van der Waals surface area contributed by atoms with E-state index in [1.165, 1.54) is 15.0 Å². The number of aromatic nitrogens is 1. The van der Waals surface area contributed by atoms with Crippen molar-refractivity contribution in [2.24, 2.45) is 0 Å². The second-order valence-electron chi connectivity index (χ2n) is 4.32. The zero-order valence-electron chi connectivity index (χ0n) is 10.1. The van der Waals surface area contributed by atoms with Crippen LogP contribution in [0, 0.1) is 0 Å². The summed E-state index contributed by atoms with van der Waals surface area (Å²) in [7, 11) is 0. The minimum Gasteiger partial charge on any atom is -0.367 e. The van der Waals surface area contributed by atoms with E-state index in [0.29, 0.717) is 6.04 Å². The third-order valence-corrected chi connectivity index (χ3v) is 4.63. The largest absolute Gasteiger partial charge is 0.367 e. The van der Waals surface area contributed by atoms with Gasteiger partial charge in [0, 0.05) is 33.6 Å². The van der Waals surface area contributed by atoms with Crippen LogP contribution in [0.25, 0.3) is 10.1 Å². The van der Waals surface area contributed by atoms with E-state index in [1.54, 1.807) is 11.3 Å². The van der Waals surface area contributed by atoms with Gasteiger partial charge in [0.25, 0.3) is 0 Å². The SMILES string of the molecule is CC(Cc1cccs1)Nc1nccc2sccc12. The third-order valence-electron chi connectivity index (χ3n) is 2.85. The monoisotopic (exact) mass is 274 g/mol. The van der Waals surface area contributed by atoms with Crippen LogP contribution in [-0.2, 0) is 6.42 Å². The molecule has 2 nitrogen and oxygen atoms in total. The molecular formula is C14H14N2S2. The molecule has 3 aromatic rings. The molecule has 0 aliphatic heterocycles. The standard InChI is InChI=1S/C14H14N2S2/c1-10(9-11-3-2-7-17-11)16-14-12-5-8-18-13(12)4-6-15-14/h2-8,10H,9H2,1H3,(H,15,16). The lowest BCUT2D eigenvalue weighted by Gasteiger charge is -2.14. The average Bonchev–Trinajstić information content (AvgIpc) is 2.99. The molecule has 1 unspecified atom stereocenters. The molecule has 0 bridgehead atoms. The van der Waals surface area contributed by atoms with Crippen LogP contribution in [-0.4, -0.2) is 11.0 Å². The van der Waals surface area contributed by atoms with Crippen molar-refractivity contribution in [1.29, 1.82) is 0 Å². The summed E-state index contributed by atoms with van der Waals surface area (Å²) in [5.74, 6) is 0.998. The van der Waals surface area contributed by atoms with Gasteiger partial charge in [-0.3, -0.25) is 0 Å². The Kier molecular flexibility index (Phi) is 3.30. The summed E-state index contributed by atoms with van der Waals surface area (Å²) in [4.78, 5) is 5.86. The summed E-state index contributed by atoms with van der Waals surface area (Å²) in [6.07, 6.45) is 2.92. The Balaban J connectivity index is 1.77. The Morgan fingerprint density at radius 2 is 2.17 bits per heavy atom. The number of nitrogens with one attached hydrogen (secondary N) is 1. The predicted octanol–water partition coefficient (Wildman–Crippen LogP) is 4.40. The van der Waals surface area contributed by atoms with Crippen molar-refractivity contribution in [1.82, 2.24) is 4.98 Å². The first-order valence-electron chi connectivity index (χ1n) is 5.94. The molecule has 1 atom stereocenters. The first kappa shape index (κ1) is 11.7. The van der Waals surface area contributed by atoms with Gasteiger partial charge in [-0.2, -0.15) is 0 Å². The summed E-state index contributed by atoms with van der Waals surface area (Å²) >= 11 is 3.56. The number of thiophene rings is 2. The Morgan fingerprint density at radius 3 is 3.00 bits per heavy atom. The van der Waals surface area contributed by atoms with Gasteiger partial charge < -0.3 is 5.32 Å². The number of hydrogen-bond donors (Lipinski definition) is 1. The number of rotatable bonds is 4. The van der Waals surface area contributed by atoms with Gasteiger partial charge in [0.1, 0.15) is 5.82 Å². The van der Waals surface area contributed by atoms with Crippen LogP contribution in [0.1, 0.15) is 11.8 Å². The van der Waals surface area contributed by atoms with E-state index in [0.717, 1.165) is 12.2 Å². The average molecular weight is 274 g/mol. The first-order valence-corrected chi connectivity index (χ1v) is 7.70. The van der Waals surface area contributed by atoms with Gasteiger partial charge in [0.15, 0.2) is 0 Å². The fraction of sp³-hybridized carbons (Fsp3) is 0.214. The maximum absolute atomic E-state index is 4.45. The Morgan fingerprint density at radius 1 is 1.22 bits per heavy atom. The topological polar surface area (TPSA) is 24.9 Å². The fourth-order valence-corrected chi connectivity index (χ4v) is 3.64. The van der Waals surface area contributed by atoms with E-state index in [1.807, 2.05) is 17.5 Å². The third kappa shape index (κ3) is 2.40. The number of anilines is 1. The molecule has 18 heavy (non-hydrogen) atoms. The quantitative estimate of drug-likeness (QED) is 0.762. The minimum atomic E-state index is 0.390. The molecule has 3 heterocycles. The van der Waals surface area contributed by atoms with Crippen molar-refractivity contribution in [2.45, 2.75) is 19.4 Å². The normalized spacial score (nSPS) is 12.7. The van der Waals surface area contributed by atoms with Crippen molar-refractivity contribution in [3.8, 4) is 0 Å². The van der Waals surface area contributed by atoms with Crippen molar-refractivity contribution >= 4 is 38.6 Å². The summed E-state index contributed by atoms with van der Waals surface area (Å²) in [5, 5.41) is 8.97. The molecule has 3 aromatic heterocycles. The van der Waals surface area contributed by atoms with Crippen molar-refractivity contribution in [3.05, 3.63) is 46.1 Å². The fourth-order valence-electron chi connectivity index (χ4n) is 2.02. The smallest absolute Gasteiger partial charge is 0.134 e. The van der Waals surface area contributed by atoms with Crippen LogP contribution in [0.5, 0.6) is 0 Å². The molecule has 0 saturated carbocycles. The van der Waals surface area contributed by atoms with E-state index >= 15 is 0 Å². The van der Waals surface area contributed by atoms with Crippen molar-refractivity contribution in [2.75, 3.05) is 5.32 Å². The second-order valence-corrected chi connectivity index (χ2v) is 6.30. The van der Waals surface area contributed by atoms with Crippen molar-refractivity contribution < 1.29 is 0 Å². The van der Waals surface area contributed by atoms with Crippen LogP contribution in [0.15, 0.2) is 41.2 Å². The van der Waals surface area contributed by atoms with Crippen LogP contribution >= 0.6 is 22.7 Å². The molecule has 3 rings (SSSR count). The molecule has 0 saturated heterocycles. The predicted molar refractivity (Wildman–Crippen MR) is 80.7 cm³/mol. The Labute approximate surface area is 114 Å². The van der Waals surface area contributed by atoms with E-state index < -0.39 is 0 Å². The highest BCUT2D eigenvalue weighted by Gasteiger charge is 2.08. The molecule has 0 fully saturated rings. The molecule has 0 aliphatic rings. The minimum absolute atomic E-state index is 0.390. The summed E-state index contributed by atoms with van der Waals surface area (Å²) in [6.45, 7) is 2.20. The van der Waals surface area contributed by atoms with Crippen LogP contribution in [0.3, 0.4) is 0 Å². The Bertz CT molecular complexity index is 628. The summed E-state index contributed by atoms with van der Waals surface area (Å²) < 4.78 is 1.29. The van der Waals surface area contributed by atoms with Crippen LogP contribution in [0.4, 0.5) is 5.82 Å². The maximum atomic E-state index is 4.45. The number of pyridine rings is 1. The van der Waals surface area contributed by atoms with Gasteiger partial charge in [-0.15, -0.1) is 22.7 Å². The lowest BCUT2D eigenvalue weighted by molar-refractivity contribution is 0.796. The van der Waals surface area contributed by atoms with E-state index in [2.05, 4.69) is 52.3 Å². The molecule has 92 valence electrons. The number of fused-ring (bicyclic) bond motifs is 1. The highest BCUT2D eigenvalue weighted by atomic mass is 32.1. The van der Waals surface area contributed by atoms with E-state index in [4.69, 9.17) is 0 Å². The molecule has 0 aliphatic carbocycles. The van der Waals surface area contributed by atoms with Gasteiger partial charge >= 0.3 is 0 Å². The van der Waals surface area contributed by atoms with E-state index in [9.17, 15) is 0 Å². The van der Waals surface area contributed by atoms with Gasteiger partial charge in [-0.05, 0) is 35.9 Å². The van der Waals surface area contributed by atoms with Gasteiger partial charge in [-0.25, -0.2) is 4.98 Å². The molecule has 0 amide bonds. The lowest BCUT2D eigenvalue weighted by atomic mass is 10.2. The number of hydrogen-bond acceptors (Lipinski definition) is 4. The second kappa shape index (κ2) is 5.08. The van der Waals surface area contributed by atoms with Crippen molar-refractivity contribution in [3.63, 3.8) is 0 Å². The molecule has 0 spiro atoms. The van der Waals surface area contributed by atoms with Crippen LogP contribution < -0.4 is 5.32 Å². The van der Waals surface area contributed by atoms with Gasteiger partial charge in [0.05, 0.1) is 0 Å². The zero-order chi connectivity index (χ0) is 12.4. The lowest BCUT2D eigenvalue weighted by Crippen LogP contribution is -2.18.